The first-order valence-corrected chi connectivity index (χ1v) is 9.29. The number of hydrogen-bond donors (Lipinski definition) is 1. The monoisotopic (exact) mass is 300 g/mol. The summed E-state index contributed by atoms with van der Waals surface area (Å²) < 4.78 is 48.5. The molecule has 0 radical (unpaired) electrons. The van der Waals surface area contributed by atoms with Crippen molar-refractivity contribution in [3.05, 3.63) is 0 Å². The largest absolute Gasteiger partial charge is 0.414 e. The van der Waals surface area contributed by atoms with Crippen LogP contribution in [0.5, 0.6) is 0 Å². The van der Waals surface area contributed by atoms with Gasteiger partial charge in [-0.2, -0.15) is 13.2 Å². The molecule has 0 bridgehead atoms. The summed E-state index contributed by atoms with van der Waals surface area (Å²) in [5.74, 6) is -1.81. The first-order chi connectivity index (χ1) is 8.34. The minimum absolute atomic E-state index is 0.00630. The van der Waals surface area contributed by atoms with Crippen molar-refractivity contribution in [1.82, 2.24) is 0 Å². The van der Waals surface area contributed by atoms with Crippen LogP contribution in [-0.2, 0) is 9.16 Å². The highest BCUT2D eigenvalue weighted by Gasteiger charge is 2.51. The third kappa shape index (κ3) is 4.17. The molecular weight excluding hydrogens is 277 g/mol. The van der Waals surface area contributed by atoms with E-state index in [-0.39, 0.29) is 18.1 Å². The average Bonchev–Trinajstić information content (AvgIpc) is 2.54. The minimum atomic E-state index is -4.43. The third-order valence-electron chi connectivity index (χ3n) is 4.05. The van der Waals surface area contributed by atoms with Crippen molar-refractivity contribution in [1.29, 1.82) is 0 Å². The summed E-state index contributed by atoms with van der Waals surface area (Å²) in [6.07, 6.45) is -7.12. The molecule has 1 rings (SSSR count). The molecule has 114 valence electrons. The molecule has 1 fully saturated rings. The molecule has 1 aliphatic rings. The second kappa shape index (κ2) is 5.35. The lowest BCUT2D eigenvalue weighted by Crippen LogP contribution is -2.42. The lowest BCUT2D eigenvalue weighted by Gasteiger charge is -2.36. The summed E-state index contributed by atoms with van der Waals surface area (Å²) in [7, 11) is -2.01. The van der Waals surface area contributed by atoms with Crippen LogP contribution in [0.4, 0.5) is 13.2 Å². The second-order valence-corrected chi connectivity index (χ2v) is 11.4. The van der Waals surface area contributed by atoms with Crippen LogP contribution < -0.4 is 0 Å². The van der Waals surface area contributed by atoms with Crippen molar-refractivity contribution in [3.63, 3.8) is 0 Å². The van der Waals surface area contributed by atoms with Gasteiger partial charge in [-0.25, -0.2) is 0 Å². The summed E-state index contributed by atoms with van der Waals surface area (Å²) in [4.78, 5) is 0. The second-order valence-electron chi connectivity index (χ2n) is 6.60. The average molecular weight is 300 g/mol. The molecule has 1 aliphatic heterocycles. The Balaban J connectivity index is 2.54. The highest BCUT2D eigenvalue weighted by molar-refractivity contribution is 6.74. The maximum Gasteiger partial charge on any atom is 0.396 e. The number of aliphatic hydroxyl groups excluding tert-OH is 1. The van der Waals surface area contributed by atoms with Gasteiger partial charge in [0.05, 0.1) is 12.7 Å². The van der Waals surface area contributed by atoms with Gasteiger partial charge in [-0.3, -0.25) is 0 Å². The summed E-state index contributed by atoms with van der Waals surface area (Å²) in [6.45, 7) is 10.3. The Morgan fingerprint density at radius 1 is 1.26 bits per heavy atom. The molecule has 0 aromatic heterocycles. The number of halogens is 3. The molecule has 1 saturated heterocycles. The van der Waals surface area contributed by atoms with E-state index in [4.69, 9.17) is 9.16 Å². The van der Waals surface area contributed by atoms with Crippen LogP contribution in [0.2, 0.25) is 18.1 Å². The number of aliphatic hydroxyl groups is 1. The van der Waals surface area contributed by atoms with Crippen LogP contribution in [-0.4, -0.2) is 38.6 Å². The lowest BCUT2D eigenvalue weighted by molar-refractivity contribution is -0.223. The van der Waals surface area contributed by atoms with E-state index in [2.05, 4.69) is 20.8 Å². The fraction of sp³-hybridized carbons (Fsp3) is 1.00. The Hall–Kier alpha value is -0.113. The topological polar surface area (TPSA) is 38.7 Å². The van der Waals surface area contributed by atoms with E-state index in [1.165, 1.54) is 0 Å². The van der Waals surface area contributed by atoms with Crippen LogP contribution in [0.25, 0.3) is 0 Å². The molecule has 3 atom stereocenters. The van der Waals surface area contributed by atoms with Crippen LogP contribution in [0.1, 0.15) is 27.2 Å². The summed E-state index contributed by atoms with van der Waals surface area (Å²) in [5, 5.41) is 9.29. The van der Waals surface area contributed by atoms with E-state index in [0.29, 0.717) is 0 Å². The maximum absolute atomic E-state index is 12.6. The maximum atomic E-state index is 12.6. The van der Waals surface area contributed by atoms with Crippen LogP contribution >= 0.6 is 0 Å². The van der Waals surface area contributed by atoms with Gasteiger partial charge in [-0.05, 0) is 24.6 Å². The summed E-state index contributed by atoms with van der Waals surface area (Å²) >= 11 is 0. The van der Waals surface area contributed by atoms with Crippen molar-refractivity contribution in [3.8, 4) is 0 Å². The van der Waals surface area contributed by atoms with Crippen molar-refractivity contribution in [2.75, 3.05) is 6.61 Å². The van der Waals surface area contributed by atoms with Gasteiger partial charge < -0.3 is 14.3 Å². The Labute approximate surface area is 113 Å². The predicted octanol–water partition coefficient (Wildman–Crippen LogP) is 3.29. The summed E-state index contributed by atoms with van der Waals surface area (Å²) in [6, 6.07) is 0. The van der Waals surface area contributed by atoms with E-state index >= 15 is 0 Å². The highest BCUT2D eigenvalue weighted by atomic mass is 28.4. The quantitative estimate of drug-likeness (QED) is 0.813. The molecule has 0 saturated carbocycles. The zero-order valence-corrected chi connectivity index (χ0v) is 13.0. The van der Waals surface area contributed by atoms with Gasteiger partial charge in [0, 0.05) is 0 Å². The molecule has 0 unspecified atom stereocenters. The first-order valence-electron chi connectivity index (χ1n) is 6.39. The summed E-state index contributed by atoms with van der Waals surface area (Å²) in [5.41, 5.74) is 0. The standard InChI is InChI=1S/C12H23F3O3Si/c1-11(2,3)19(4,5)17-7-8-6-9(10(16)18-8)12(13,14)15/h8-10,16H,6-7H2,1-5H3/t8-,9-,10-/m0/s1. The molecule has 1 heterocycles. The molecule has 19 heavy (non-hydrogen) atoms. The van der Waals surface area contributed by atoms with E-state index < -0.39 is 32.8 Å². The molecular formula is C12H23F3O3Si. The normalized spacial score (nSPS) is 29.8. The van der Waals surface area contributed by atoms with Gasteiger partial charge in [0.25, 0.3) is 0 Å². The van der Waals surface area contributed by atoms with E-state index in [1.54, 1.807) is 0 Å². The van der Waals surface area contributed by atoms with Gasteiger partial charge in [0.2, 0.25) is 0 Å². The fourth-order valence-electron chi connectivity index (χ4n) is 1.67. The SMILES string of the molecule is CC(C)(C)[Si](C)(C)OC[C@@H]1C[C@H](C(F)(F)F)[C@@H](O)O1. The van der Waals surface area contributed by atoms with Gasteiger partial charge in [-0.15, -0.1) is 0 Å². The van der Waals surface area contributed by atoms with Crippen LogP contribution in [0.15, 0.2) is 0 Å². The number of alkyl halides is 3. The first kappa shape index (κ1) is 16.9. The number of ether oxygens (including phenoxy) is 1. The molecule has 0 aliphatic carbocycles. The zero-order valence-electron chi connectivity index (χ0n) is 12.0. The number of rotatable bonds is 3. The van der Waals surface area contributed by atoms with Gasteiger partial charge in [0.15, 0.2) is 14.6 Å². The molecule has 0 aromatic rings. The number of hydrogen-bond acceptors (Lipinski definition) is 3. The predicted molar refractivity (Wildman–Crippen MR) is 68.2 cm³/mol. The minimum Gasteiger partial charge on any atom is -0.414 e. The lowest BCUT2D eigenvalue weighted by atomic mass is 10.0. The zero-order chi connectivity index (χ0) is 15.1. The van der Waals surface area contributed by atoms with Gasteiger partial charge in [0.1, 0.15) is 5.92 Å². The van der Waals surface area contributed by atoms with Gasteiger partial charge >= 0.3 is 6.18 Å². The fourth-order valence-corrected chi connectivity index (χ4v) is 2.70. The molecule has 1 N–H and O–H groups in total. The Morgan fingerprint density at radius 2 is 1.79 bits per heavy atom. The highest BCUT2D eigenvalue weighted by Crippen LogP contribution is 2.40. The third-order valence-corrected chi connectivity index (χ3v) is 8.55. The molecule has 0 aromatic carbocycles. The smallest absolute Gasteiger partial charge is 0.396 e. The molecule has 0 amide bonds. The van der Waals surface area contributed by atoms with Crippen molar-refractivity contribution < 1.29 is 27.4 Å². The Morgan fingerprint density at radius 3 is 2.16 bits per heavy atom. The van der Waals surface area contributed by atoms with E-state index in [9.17, 15) is 18.3 Å². The molecule has 0 spiro atoms. The Kier molecular flexibility index (Phi) is 4.77. The van der Waals surface area contributed by atoms with Crippen molar-refractivity contribution in [2.45, 2.75) is 63.9 Å². The van der Waals surface area contributed by atoms with Crippen molar-refractivity contribution in [2.24, 2.45) is 5.92 Å². The van der Waals surface area contributed by atoms with E-state index in [0.717, 1.165) is 0 Å². The van der Waals surface area contributed by atoms with Crippen LogP contribution in [0.3, 0.4) is 0 Å². The van der Waals surface area contributed by atoms with Crippen molar-refractivity contribution >= 4 is 8.32 Å². The Bertz CT molecular complexity index is 312. The van der Waals surface area contributed by atoms with Crippen LogP contribution in [0, 0.1) is 5.92 Å². The molecule has 3 nitrogen and oxygen atoms in total. The van der Waals surface area contributed by atoms with E-state index in [1.807, 2.05) is 13.1 Å². The van der Waals surface area contributed by atoms with Gasteiger partial charge in [-0.1, -0.05) is 20.8 Å². The molecule has 7 heteroatoms.